The molecule has 0 radical (unpaired) electrons. The Balaban J connectivity index is 1.38. The standard InChI is InChI=1S/C27H23NO2/c1-20-16-24(14-15-28-20)23-12-10-21(11-13-23)17-25(29)18-22-6-5-9-27(19-22)30-26-7-3-2-4-8-26/h2-16,19H,17-18H2,1H3. The van der Waals surface area contributed by atoms with Crippen molar-refractivity contribution in [3.8, 4) is 22.6 Å². The molecule has 3 heteroatoms. The predicted octanol–water partition coefficient (Wildman–Crippen LogP) is 6.20. The van der Waals surface area contributed by atoms with E-state index in [1.54, 1.807) is 0 Å². The van der Waals surface area contributed by atoms with E-state index in [0.29, 0.717) is 12.8 Å². The first-order chi connectivity index (χ1) is 14.7. The van der Waals surface area contributed by atoms with Gasteiger partial charge in [-0.1, -0.05) is 54.6 Å². The molecule has 0 amide bonds. The molecule has 3 aromatic carbocycles. The van der Waals surface area contributed by atoms with Crippen molar-refractivity contribution in [1.82, 2.24) is 4.98 Å². The summed E-state index contributed by atoms with van der Waals surface area (Å²) in [6, 6.07) is 29.6. The summed E-state index contributed by atoms with van der Waals surface area (Å²) in [6.07, 6.45) is 2.62. The fourth-order valence-electron chi connectivity index (χ4n) is 3.40. The molecule has 4 rings (SSSR count). The third-order valence-electron chi connectivity index (χ3n) is 4.86. The Morgan fingerprint density at radius 2 is 1.47 bits per heavy atom. The number of carbonyl (C=O) groups excluding carboxylic acids is 1. The van der Waals surface area contributed by atoms with Crippen LogP contribution in [0.15, 0.2) is 97.2 Å². The van der Waals surface area contributed by atoms with Crippen molar-refractivity contribution in [2.75, 3.05) is 0 Å². The van der Waals surface area contributed by atoms with E-state index in [2.05, 4.69) is 23.2 Å². The van der Waals surface area contributed by atoms with Gasteiger partial charge in [-0.2, -0.15) is 0 Å². The highest BCUT2D eigenvalue weighted by Crippen LogP contribution is 2.23. The lowest BCUT2D eigenvalue weighted by molar-refractivity contribution is -0.117. The lowest BCUT2D eigenvalue weighted by Gasteiger charge is -2.08. The maximum Gasteiger partial charge on any atom is 0.141 e. The second-order valence-corrected chi connectivity index (χ2v) is 7.34. The van der Waals surface area contributed by atoms with Crippen LogP contribution in [-0.2, 0) is 17.6 Å². The minimum absolute atomic E-state index is 0.180. The monoisotopic (exact) mass is 393 g/mol. The average molecular weight is 393 g/mol. The van der Waals surface area contributed by atoms with Crippen LogP contribution in [0.2, 0.25) is 0 Å². The summed E-state index contributed by atoms with van der Waals surface area (Å²) < 4.78 is 5.87. The average Bonchev–Trinajstić information content (AvgIpc) is 2.75. The zero-order valence-electron chi connectivity index (χ0n) is 16.9. The summed E-state index contributed by atoms with van der Waals surface area (Å²) in [6.45, 7) is 1.98. The highest BCUT2D eigenvalue weighted by atomic mass is 16.5. The minimum Gasteiger partial charge on any atom is -0.457 e. The van der Waals surface area contributed by atoms with Crippen LogP contribution in [0.5, 0.6) is 11.5 Å². The molecular formula is C27H23NO2. The Morgan fingerprint density at radius 3 is 2.23 bits per heavy atom. The second kappa shape index (κ2) is 9.19. The number of benzene rings is 3. The summed E-state index contributed by atoms with van der Waals surface area (Å²) in [5, 5.41) is 0. The van der Waals surface area contributed by atoms with Crippen molar-refractivity contribution in [1.29, 1.82) is 0 Å². The largest absolute Gasteiger partial charge is 0.457 e. The SMILES string of the molecule is Cc1cc(-c2ccc(CC(=O)Cc3cccc(Oc4ccccc4)c3)cc2)ccn1. The number of hydrogen-bond acceptors (Lipinski definition) is 3. The molecule has 0 aliphatic rings. The number of pyridine rings is 1. The molecule has 0 saturated carbocycles. The van der Waals surface area contributed by atoms with E-state index in [9.17, 15) is 4.79 Å². The van der Waals surface area contributed by atoms with Gasteiger partial charge in [0.1, 0.15) is 17.3 Å². The molecule has 0 aliphatic carbocycles. The zero-order chi connectivity index (χ0) is 20.8. The number of para-hydroxylation sites is 1. The highest BCUT2D eigenvalue weighted by Gasteiger charge is 2.08. The number of hydrogen-bond donors (Lipinski definition) is 0. The van der Waals surface area contributed by atoms with Crippen molar-refractivity contribution in [2.45, 2.75) is 19.8 Å². The topological polar surface area (TPSA) is 39.2 Å². The normalized spacial score (nSPS) is 10.6. The molecule has 148 valence electrons. The number of ether oxygens (including phenoxy) is 1. The van der Waals surface area contributed by atoms with Crippen molar-refractivity contribution in [2.24, 2.45) is 0 Å². The van der Waals surface area contributed by atoms with Gasteiger partial charge in [0.2, 0.25) is 0 Å². The molecule has 4 aromatic rings. The van der Waals surface area contributed by atoms with Gasteiger partial charge in [0.05, 0.1) is 0 Å². The van der Waals surface area contributed by atoms with Crippen LogP contribution in [-0.4, -0.2) is 10.8 Å². The van der Waals surface area contributed by atoms with E-state index >= 15 is 0 Å². The van der Waals surface area contributed by atoms with Crippen LogP contribution < -0.4 is 4.74 Å². The summed E-state index contributed by atoms with van der Waals surface area (Å²) in [4.78, 5) is 16.8. The second-order valence-electron chi connectivity index (χ2n) is 7.34. The van der Waals surface area contributed by atoms with Crippen LogP contribution in [0.1, 0.15) is 16.8 Å². The quantitative estimate of drug-likeness (QED) is 0.375. The zero-order valence-corrected chi connectivity index (χ0v) is 16.9. The molecule has 1 heterocycles. The Bertz CT molecular complexity index is 1130. The van der Waals surface area contributed by atoms with Gasteiger partial charge in [-0.3, -0.25) is 9.78 Å². The molecule has 0 spiro atoms. The lowest BCUT2D eigenvalue weighted by Crippen LogP contribution is -2.06. The highest BCUT2D eigenvalue weighted by molar-refractivity contribution is 5.83. The number of Topliss-reactive ketones (excluding diaryl/α,β-unsaturated/α-hetero) is 1. The molecule has 0 atom stereocenters. The van der Waals surface area contributed by atoms with E-state index in [1.165, 1.54) is 0 Å². The Kier molecular flexibility index (Phi) is 6.00. The number of rotatable bonds is 7. The number of nitrogens with zero attached hydrogens (tertiary/aromatic N) is 1. The predicted molar refractivity (Wildman–Crippen MR) is 120 cm³/mol. The number of carbonyl (C=O) groups is 1. The summed E-state index contributed by atoms with van der Waals surface area (Å²) in [7, 11) is 0. The molecule has 3 nitrogen and oxygen atoms in total. The number of ketones is 1. The van der Waals surface area contributed by atoms with Gasteiger partial charge in [0.25, 0.3) is 0 Å². The molecular weight excluding hydrogens is 370 g/mol. The first kappa shape index (κ1) is 19.6. The minimum atomic E-state index is 0.180. The molecule has 0 N–H and O–H groups in total. The maximum absolute atomic E-state index is 12.6. The Hall–Kier alpha value is -3.72. The van der Waals surface area contributed by atoms with Gasteiger partial charge in [0, 0.05) is 24.7 Å². The van der Waals surface area contributed by atoms with Crippen molar-refractivity contribution < 1.29 is 9.53 Å². The van der Waals surface area contributed by atoms with Crippen molar-refractivity contribution in [3.05, 3.63) is 114 Å². The van der Waals surface area contributed by atoms with Gasteiger partial charge in [-0.05, 0) is 65.6 Å². The Morgan fingerprint density at radius 1 is 0.733 bits per heavy atom. The van der Waals surface area contributed by atoms with E-state index in [4.69, 9.17) is 4.74 Å². The van der Waals surface area contributed by atoms with Crippen LogP contribution in [0.25, 0.3) is 11.1 Å². The van der Waals surface area contributed by atoms with Crippen LogP contribution in [0.4, 0.5) is 0 Å². The molecule has 1 aromatic heterocycles. The smallest absolute Gasteiger partial charge is 0.141 e. The van der Waals surface area contributed by atoms with Crippen molar-refractivity contribution in [3.63, 3.8) is 0 Å². The van der Waals surface area contributed by atoms with Crippen LogP contribution in [0, 0.1) is 6.92 Å². The first-order valence-electron chi connectivity index (χ1n) is 10.0. The molecule has 0 fully saturated rings. The van der Waals surface area contributed by atoms with E-state index < -0.39 is 0 Å². The third kappa shape index (κ3) is 5.21. The molecule has 0 bridgehead atoms. The summed E-state index contributed by atoms with van der Waals surface area (Å²) in [5.41, 5.74) is 5.23. The number of aryl methyl sites for hydroxylation is 1. The summed E-state index contributed by atoms with van der Waals surface area (Å²) >= 11 is 0. The van der Waals surface area contributed by atoms with Crippen LogP contribution in [0.3, 0.4) is 0 Å². The Labute approximate surface area is 177 Å². The fraction of sp³-hybridized carbons (Fsp3) is 0.111. The third-order valence-corrected chi connectivity index (χ3v) is 4.86. The maximum atomic E-state index is 12.6. The summed E-state index contributed by atoms with van der Waals surface area (Å²) in [5.74, 6) is 1.70. The first-order valence-corrected chi connectivity index (χ1v) is 10.0. The van der Waals surface area contributed by atoms with E-state index in [-0.39, 0.29) is 5.78 Å². The van der Waals surface area contributed by atoms with Gasteiger partial charge < -0.3 is 4.74 Å². The van der Waals surface area contributed by atoms with Crippen molar-refractivity contribution >= 4 is 5.78 Å². The van der Waals surface area contributed by atoms with Gasteiger partial charge in [-0.25, -0.2) is 0 Å². The van der Waals surface area contributed by atoms with Gasteiger partial charge in [0.15, 0.2) is 0 Å². The molecule has 0 saturated heterocycles. The lowest BCUT2D eigenvalue weighted by atomic mass is 9.99. The van der Waals surface area contributed by atoms with Gasteiger partial charge in [-0.15, -0.1) is 0 Å². The van der Waals surface area contributed by atoms with E-state index in [1.807, 2.05) is 85.9 Å². The van der Waals surface area contributed by atoms with E-state index in [0.717, 1.165) is 39.4 Å². The number of aromatic nitrogens is 1. The molecule has 0 unspecified atom stereocenters. The van der Waals surface area contributed by atoms with Crippen LogP contribution >= 0.6 is 0 Å². The fourth-order valence-corrected chi connectivity index (χ4v) is 3.40. The molecule has 0 aliphatic heterocycles. The van der Waals surface area contributed by atoms with Gasteiger partial charge >= 0.3 is 0 Å². The molecule has 30 heavy (non-hydrogen) atoms.